The van der Waals surface area contributed by atoms with E-state index in [1.165, 1.54) is 16.8 Å². The lowest BCUT2D eigenvalue weighted by Gasteiger charge is -2.19. The van der Waals surface area contributed by atoms with Crippen LogP contribution in [0.25, 0.3) is 0 Å². The zero-order valence-corrected chi connectivity index (χ0v) is 15.7. The van der Waals surface area contributed by atoms with Crippen molar-refractivity contribution in [1.29, 1.82) is 0 Å². The van der Waals surface area contributed by atoms with E-state index in [2.05, 4.69) is 5.32 Å². The molecule has 2 rings (SSSR count). The molecule has 1 aromatic carbocycles. The fourth-order valence-electron chi connectivity index (χ4n) is 2.53. The van der Waals surface area contributed by atoms with E-state index in [1.54, 1.807) is 36.2 Å². The van der Waals surface area contributed by atoms with Gasteiger partial charge in [0.2, 0.25) is 10.0 Å². The van der Waals surface area contributed by atoms with Crippen molar-refractivity contribution in [2.45, 2.75) is 18.7 Å². The monoisotopic (exact) mass is 378 g/mol. The number of primary sulfonamides is 1. The summed E-state index contributed by atoms with van der Waals surface area (Å²) in [6, 6.07) is 7.79. The summed E-state index contributed by atoms with van der Waals surface area (Å²) in [5.41, 5.74) is 1.03. The highest BCUT2D eigenvalue weighted by atomic mass is 32.2. The van der Waals surface area contributed by atoms with Crippen LogP contribution in [-0.2, 0) is 17.1 Å². The maximum atomic E-state index is 12.4. The van der Waals surface area contributed by atoms with Crippen LogP contribution < -0.4 is 10.5 Å². The van der Waals surface area contributed by atoms with Gasteiger partial charge >= 0.3 is 0 Å². The fraction of sp³-hybridized carbons (Fsp3) is 0.294. The van der Waals surface area contributed by atoms with Crippen LogP contribution in [0.1, 0.15) is 34.7 Å². The number of nitrogens with two attached hydrogens (primary N) is 1. The number of carbonyl (C=O) groups excluding carboxylic acids is 2. The van der Waals surface area contributed by atoms with Gasteiger partial charge in [0.1, 0.15) is 10.6 Å². The zero-order valence-electron chi connectivity index (χ0n) is 14.9. The number of nitrogens with one attached hydrogen (secondary N) is 1. The molecule has 0 unspecified atom stereocenters. The van der Waals surface area contributed by atoms with Crippen molar-refractivity contribution in [3.05, 3.63) is 47.8 Å². The highest BCUT2D eigenvalue weighted by Crippen LogP contribution is 2.16. The number of nitrogens with zero attached hydrogens (tertiary/aromatic N) is 2. The summed E-state index contributed by atoms with van der Waals surface area (Å²) in [6.07, 6.45) is 1.27. The molecule has 0 saturated heterocycles. The average Bonchev–Trinajstić information content (AvgIpc) is 2.98. The number of hydrogen-bond acceptors (Lipinski definition) is 4. The third-order valence-corrected chi connectivity index (χ3v) is 4.84. The highest BCUT2D eigenvalue weighted by molar-refractivity contribution is 7.89. The smallest absolute Gasteiger partial charge is 0.272 e. The van der Waals surface area contributed by atoms with Crippen LogP contribution in [0.4, 0.5) is 5.69 Å². The van der Waals surface area contributed by atoms with Gasteiger partial charge in [-0.05, 0) is 38.1 Å². The Morgan fingerprint density at radius 3 is 2.38 bits per heavy atom. The lowest BCUT2D eigenvalue weighted by Crippen LogP contribution is -2.30. The molecule has 3 N–H and O–H groups in total. The summed E-state index contributed by atoms with van der Waals surface area (Å²) >= 11 is 0. The highest BCUT2D eigenvalue weighted by Gasteiger charge is 2.18. The van der Waals surface area contributed by atoms with Gasteiger partial charge in [-0.3, -0.25) is 9.59 Å². The molecule has 140 valence electrons. The van der Waals surface area contributed by atoms with E-state index in [-0.39, 0.29) is 16.5 Å². The van der Waals surface area contributed by atoms with E-state index in [0.717, 1.165) is 0 Å². The van der Waals surface area contributed by atoms with Gasteiger partial charge in [-0.2, -0.15) is 0 Å². The minimum atomic E-state index is -3.90. The Labute approximate surface area is 152 Å². The second-order valence-corrected chi connectivity index (χ2v) is 7.29. The van der Waals surface area contributed by atoms with Crippen LogP contribution in [-0.4, -0.2) is 42.8 Å². The summed E-state index contributed by atoms with van der Waals surface area (Å²) in [5.74, 6) is -0.628. The molecule has 1 heterocycles. The van der Waals surface area contributed by atoms with Crippen molar-refractivity contribution in [1.82, 2.24) is 9.47 Å². The van der Waals surface area contributed by atoms with Gasteiger partial charge in [-0.25, -0.2) is 13.6 Å². The van der Waals surface area contributed by atoms with Crippen molar-refractivity contribution in [2.24, 2.45) is 12.2 Å². The first-order valence-electron chi connectivity index (χ1n) is 8.07. The molecule has 0 atom stereocenters. The number of benzene rings is 1. The first kappa shape index (κ1) is 19.7. The molecule has 2 amide bonds. The minimum Gasteiger partial charge on any atom is -0.345 e. The van der Waals surface area contributed by atoms with Crippen molar-refractivity contribution in [3.63, 3.8) is 0 Å². The third kappa shape index (κ3) is 4.30. The second-order valence-electron chi connectivity index (χ2n) is 5.73. The Balaban J connectivity index is 2.24. The molecule has 0 aliphatic rings. The lowest BCUT2D eigenvalue weighted by atomic mass is 10.1. The van der Waals surface area contributed by atoms with Gasteiger partial charge in [0, 0.05) is 37.6 Å². The first-order valence-corrected chi connectivity index (χ1v) is 9.61. The molecule has 0 radical (unpaired) electrons. The molecule has 8 nitrogen and oxygen atoms in total. The topological polar surface area (TPSA) is 114 Å². The van der Waals surface area contributed by atoms with E-state index in [1.807, 2.05) is 13.8 Å². The Bertz CT molecular complexity index is 930. The number of amides is 2. The molecule has 0 aliphatic heterocycles. The number of aromatic nitrogens is 1. The predicted molar refractivity (Wildman–Crippen MR) is 98.4 cm³/mol. The molecule has 2 aromatic rings. The molecule has 0 aliphatic carbocycles. The van der Waals surface area contributed by atoms with Crippen molar-refractivity contribution < 1.29 is 18.0 Å². The van der Waals surface area contributed by atoms with Crippen LogP contribution in [0.3, 0.4) is 0 Å². The van der Waals surface area contributed by atoms with Crippen LogP contribution in [0, 0.1) is 0 Å². The number of sulfonamides is 1. The van der Waals surface area contributed by atoms with E-state index in [4.69, 9.17) is 5.14 Å². The van der Waals surface area contributed by atoms with Crippen LogP contribution in [0.15, 0.2) is 41.4 Å². The standard InChI is InChI=1S/C17H22N4O4S/c1-4-21(5-2)17(23)12-7-6-8-13(9-12)19-16(22)15-10-14(11-20(15)3)26(18,24)25/h6-11H,4-5H2,1-3H3,(H,19,22)(H2,18,24,25). The Kier molecular flexibility index (Phi) is 5.83. The summed E-state index contributed by atoms with van der Waals surface area (Å²) in [5, 5.41) is 7.75. The first-order chi connectivity index (χ1) is 12.2. The van der Waals surface area contributed by atoms with Gasteiger partial charge in [-0.15, -0.1) is 0 Å². The summed E-state index contributed by atoms with van der Waals surface area (Å²) < 4.78 is 24.2. The maximum absolute atomic E-state index is 12.4. The van der Waals surface area contributed by atoms with Gasteiger partial charge in [-0.1, -0.05) is 6.07 Å². The fourth-order valence-corrected chi connectivity index (χ4v) is 3.11. The van der Waals surface area contributed by atoms with Gasteiger partial charge < -0.3 is 14.8 Å². The molecular weight excluding hydrogens is 356 g/mol. The molecule has 26 heavy (non-hydrogen) atoms. The summed E-state index contributed by atoms with van der Waals surface area (Å²) in [7, 11) is -2.35. The Hall–Kier alpha value is -2.65. The molecular formula is C17H22N4O4S. The van der Waals surface area contributed by atoms with Crippen LogP contribution in [0.5, 0.6) is 0 Å². The molecule has 0 bridgehead atoms. The second kappa shape index (κ2) is 7.71. The van der Waals surface area contributed by atoms with Crippen LogP contribution in [0.2, 0.25) is 0 Å². The molecule has 0 fully saturated rings. The van der Waals surface area contributed by atoms with E-state index in [9.17, 15) is 18.0 Å². The number of anilines is 1. The number of rotatable bonds is 6. The number of carbonyl (C=O) groups is 2. The predicted octanol–water partition coefficient (Wildman–Crippen LogP) is 1.41. The Morgan fingerprint density at radius 2 is 1.85 bits per heavy atom. The maximum Gasteiger partial charge on any atom is 0.272 e. The van der Waals surface area contributed by atoms with Crippen LogP contribution >= 0.6 is 0 Å². The minimum absolute atomic E-state index is 0.124. The summed E-state index contributed by atoms with van der Waals surface area (Å²) in [4.78, 5) is 26.4. The lowest BCUT2D eigenvalue weighted by molar-refractivity contribution is 0.0772. The SMILES string of the molecule is CCN(CC)C(=O)c1cccc(NC(=O)c2cc(S(N)(=O)=O)cn2C)c1. The van der Waals surface area contributed by atoms with Gasteiger partial charge in [0.15, 0.2) is 0 Å². The quantitative estimate of drug-likeness (QED) is 0.791. The van der Waals surface area contributed by atoms with Crippen molar-refractivity contribution in [3.8, 4) is 0 Å². The van der Waals surface area contributed by atoms with E-state index in [0.29, 0.717) is 24.3 Å². The molecule has 1 aromatic heterocycles. The van der Waals surface area contributed by atoms with Crippen molar-refractivity contribution >= 4 is 27.5 Å². The Morgan fingerprint density at radius 1 is 1.19 bits per heavy atom. The zero-order chi connectivity index (χ0) is 19.5. The summed E-state index contributed by atoms with van der Waals surface area (Å²) in [6.45, 7) is 4.97. The van der Waals surface area contributed by atoms with E-state index >= 15 is 0 Å². The van der Waals surface area contributed by atoms with Crippen molar-refractivity contribution in [2.75, 3.05) is 18.4 Å². The van der Waals surface area contributed by atoms with Gasteiger partial charge in [0.05, 0.1) is 0 Å². The largest absolute Gasteiger partial charge is 0.345 e. The third-order valence-electron chi connectivity index (χ3n) is 3.96. The van der Waals surface area contributed by atoms with Gasteiger partial charge in [0.25, 0.3) is 11.8 Å². The normalized spacial score (nSPS) is 11.2. The molecule has 9 heteroatoms. The number of aryl methyl sites for hydroxylation is 1. The average molecular weight is 378 g/mol. The molecule has 0 spiro atoms. The van der Waals surface area contributed by atoms with E-state index < -0.39 is 15.9 Å². The number of hydrogen-bond donors (Lipinski definition) is 2. The molecule has 0 saturated carbocycles.